The molecule has 5 rings (SSSR count). The lowest BCUT2D eigenvalue weighted by Gasteiger charge is -2.34. The molecule has 1 spiro atoms. The summed E-state index contributed by atoms with van der Waals surface area (Å²) in [5, 5.41) is 3.73. The summed E-state index contributed by atoms with van der Waals surface area (Å²) in [6.07, 6.45) is -0.316. The van der Waals surface area contributed by atoms with Crippen LogP contribution in [0.25, 0.3) is 0 Å². The zero-order chi connectivity index (χ0) is 22.7. The minimum atomic E-state index is -4.37. The van der Waals surface area contributed by atoms with Gasteiger partial charge < -0.3 is 19.7 Å². The fourth-order valence-electron chi connectivity index (χ4n) is 6.57. The lowest BCUT2D eigenvalue weighted by Crippen LogP contribution is -2.51. The number of amides is 1. The minimum absolute atomic E-state index is 0.0145. The highest BCUT2D eigenvalue weighted by Crippen LogP contribution is 2.54. The first-order valence-electron chi connectivity index (χ1n) is 11.6. The molecule has 1 N–H and O–H groups in total. The Morgan fingerprint density at radius 3 is 2.81 bits per heavy atom. The molecule has 0 aromatic heterocycles. The first-order chi connectivity index (χ1) is 15.2. The van der Waals surface area contributed by atoms with Gasteiger partial charge in [0, 0.05) is 38.4 Å². The summed E-state index contributed by atoms with van der Waals surface area (Å²) >= 11 is 0. The van der Waals surface area contributed by atoms with E-state index in [1.807, 2.05) is 4.90 Å². The monoisotopic (exact) mass is 452 g/mol. The number of nitrogens with zero attached hydrogens (tertiary/aromatic N) is 1. The molecule has 1 aromatic carbocycles. The topological polar surface area (TPSA) is 50.8 Å². The quantitative estimate of drug-likeness (QED) is 0.762. The first-order valence-corrected chi connectivity index (χ1v) is 11.6. The van der Waals surface area contributed by atoms with Gasteiger partial charge in [-0.25, -0.2) is 0 Å². The molecule has 3 fully saturated rings. The third-order valence-corrected chi connectivity index (χ3v) is 8.45. The van der Waals surface area contributed by atoms with Gasteiger partial charge in [-0.05, 0) is 61.3 Å². The van der Waals surface area contributed by atoms with Crippen LogP contribution in [0.4, 0.5) is 13.2 Å². The number of methoxy groups -OCH3 is 1. The predicted octanol–water partition coefficient (Wildman–Crippen LogP) is 3.54. The maximum absolute atomic E-state index is 13.7. The van der Waals surface area contributed by atoms with E-state index in [2.05, 4.69) is 12.2 Å². The van der Waals surface area contributed by atoms with E-state index in [0.717, 1.165) is 31.2 Å². The van der Waals surface area contributed by atoms with Crippen molar-refractivity contribution in [1.29, 1.82) is 0 Å². The van der Waals surface area contributed by atoms with E-state index in [9.17, 15) is 18.0 Å². The Bertz CT molecular complexity index is 892. The van der Waals surface area contributed by atoms with Gasteiger partial charge in [0.15, 0.2) is 0 Å². The zero-order valence-electron chi connectivity index (χ0n) is 18.6. The number of rotatable bonds is 3. The summed E-state index contributed by atoms with van der Waals surface area (Å²) in [6.45, 7) is 3.72. The molecule has 1 saturated carbocycles. The number of fused-ring (bicyclic) bond motifs is 2. The number of hydrogen-bond donors (Lipinski definition) is 1. The van der Waals surface area contributed by atoms with Crippen molar-refractivity contribution in [2.45, 2.75) is 76.0 Å². The third-order valence-electron chi connectivity index (χ3n) is 8.45. The maximum Gasteiger partial charge on any atom is 0.416 e. The van der Waals surface area contributed by atoms with E-state index in [1.54, 1.807) is 13.2 Å². The standard InChI is InChI=1S/C24H31F3N2O3/c1-14-20-10-15-3-4-17(24(25,26)27)9-16(15)12-29(20)22(30)23(14)7-5-18(11-23)28-19-6-8-32-13-21(19)31-2/h3-4,9,14,18-21,28H,5-8,10-13H2,1-2H3/t14?,18-,19?,20?,21?,23+/m1/s1. The number of ether oxygens (including phenoxy) is 2. The molecule has 3 heterocycles. The van der Waals surface area contributed by atoms with Gasteiger partial charge in [0.25, 0.3) is 0 Å². The number of halogens is 3. The number of carbonyl (C=O) groups excluding carboxylic acids is 1. The Hall–Kier alpha value is -1.64. The molecule has 2 saturated heterocycles. The normalized spacial score (nSPS) is 37.1. The van der Waals surface area contributed by atoms with Crippen molar-refractivity contribution < 1.29 is 27.4 Å². The largest absolute Gasteiger partial charge is 0.416 e. The summed E-state index contributed by atoms with van der Waals surface area (Å²) in [7, 11) is 1.70. The van der Waals surface area contributed by atoms with Crippen LogP contribution in [0.5, 0.6) is 0 Å². The highest BCUT2D eigenvalue weighted by atomic mass is 19.4. The van der Waals surface area contributed by atoms with Crippen LogP contribution in [0, 0.1) is 11.3 Å². The van der Waals surface area contributed by atoms with Crippen LogP contribution >= 0.6 is 0 Å². The van der Waals surface area contributed by atoms with Gasteiger partial charge in [-0.2, -0.15) is 13.2 Å². The van der Waals surface area contributed by atoms with Crippen LogP contribution in [0.3, 0.4) is 0 Å². The molecule has 1 aliphatic carbocycles. The van der Waals surface area contributed by atoms with E-state index < -0.39 is 17.2 Å². The SMILES string of the molecule is COC1COCCC1N[C@@H]1CC[C@@]2(C1)C(=O)N1Cc3cc(C(F)(F)F)ccc3CC1C2C. The van der Waals surface area contributed by atoms with Crippen LogP contribution < -0.4 is 5.32 Å². The minimum Gasteiger partial charge on any atom is -0.379 e. The van der Waals surface area contributed by atoms with Gasteiger partial charge in [0.1, 0.15) is 0 Å². The number of benzene rings is 1. The predicted molar refractivity (Wildman–Crippen MR) is 112 cm³/mol. The summed E-state index contributed by atoms with van der Waals surface area (Å²) in [4.78, 5) is 15.5. The molecule has 1 amide bonds. The third kappa shape index (κ3) is 3.55. The molecular weight excluding hydrogens is 421 g/mol. The number of hydrogen-bond acceptors (Lipinski definition) is 4. The van der Waals surface area contributed by atoms with Crippen molar-refractivity contribution in [2.24, 2.45) is 11.3 Å². The fourth-order valence-corrected chi connectivity index (χ4v) is 6.57. The van der Waals surface area contributed by atoms with Crippen molar-refractivity contribution in [3.05, 3.63) is 34.9 Å². The van der Waals surface area contributed by atoms with Crippen molar-refractivity contribution in [2.75, 3.05) is 20.3 Å². The molecule has 8 heteroatoms. The first kappa shape index (κ1) is 22.2. The van der Waals surface area contributed by atoms with E-state index in [-0.39, 0.29) is 42.6 Å². The van der Waals surface area contributed by atoms with E-state index >= 15 is 0 Å². The molecule has 1 aromatic rings. The summed E-state index contributed by atoms with van der Waals surface area (Å²) in [5.41, 5.74) is 0.504. The highest BCUT2D eigenvalue weighted by Gasteiger charge is 2.60. The van der Waals surface area contributed by atoms with Crippen LogP contribution in [0.2, 0.25) is 0 Å². The molecule has 32 heavy (non-hydrogen) atoms. The average Bonchev–Trinajstić information content (AvgIpc) is 3.28. The Morgan fingerprint density at radius 1 is 1.25 bits per heavy atom. The summed E-state index contributed by atoms with van der Waals surface area (Å²) in [5.74, 6) is 0.294. The zero-order valence-corrected chi connectivity index (χ0v) is 18.6. The van der Waals surface area contributed by atoms with Crippen LogP contribution in [0.1, 0.15) is 49.3 Å². The molecule has 6 atom stereocenters. The lowest BCUT2D eigenvalue weighted by molar-refractivity contribution is -0.138. The molecule has 0 bridgehead atoms. The Balaban J connectivity index is 1.33. The molecule has 0 radical (unpaired) electrons. The van der Waals surface area contributed by atoms with E-state index in [0.29, 0.717) is 25.2 Å². The van der Waals surface area contributed by atoms with Crippen LogP contribution in [-0.2, 0) is 33.4 Å². The van der Waals surface area contributed by atoms with Gasteiger partial charge in [0.2, 0.25) is 5.91 Å². The number of alkyl halides is 3. The molecule has 4 aliphatic rings. The molecule has 3 aliphatic heterocycles. The summed E-state index contributed by atoms with van der Waals surface area (Å²) < 4.78 is 50.7. The Labute approximate surface area is 186 Å². The van der Waals surface area contributed by atoms with Crippen LogP contribution in [-0.4, -0.2) is 55.4 Å². The Morgan fingerprint density at radius 2 is 2.06 bits per heavy atom. The summed E-state index contributed by atoms with van der Waals surface area (Å²) in [6, 6.07) is 4.51. The fraction of sp³-hybridized carbons (Fsp3) is 0.708. The van der Waals surface area contributed by atoms with E-state index in [1.165, 1.54) is 12.1 Å². The molecular formula is C24H31F3N2O3. The molecule has 5 nitrogen and oxygen atoms in total. The van der Waals surface area contributed by atoms with Gasteiger partial charge in [-0.1, -0.05) is 13.0 Å². The average molecular weight is 453 g/mol. The molecule has 4 unspecified atom stereocenters. The van der Waals surface area contributed by atoms with E-state index in [4.69, 9.17) is 9.47 Å². The molecule has 176 valence electrons. The highest BCUT2D eigenvalue weighted by molar-refractivity contribution is 5.87. The van der Waals surface area contributed by atoms with Crippen molar-refractivity contribution in [3.63, 3.8) is 0 Å². The second-order valence-corrected chi connectivity index (χ2v) is 9.98. The lowest BCUT2D eigenvalue weighted by atomic mass is 9.73. The Kier molecular flexibility index (Phi) is 5.54. The maximum atomic E-state index is 13.7. The van der Waals surface area contributed by atoms with Crippen LogP contribution in [0.15, 0.2) is 18.2 Å². The van der Waals surface area contributed by atoms with Gasteiger partial charge in [-0.3, -0.25) is 4.79 Å². The van der Waals surface area contributed by atoms with Crippen molar-refractivity contribution in [3.8, 4) is 0 Å². The van der Waals surface area contributed by atoms with Crippen molar-refractivity contribution in [1.82, 2.24) is 10.2 Å². The van der Waals surface area contributed by atoms with Gasteiger partial charge >= 0.3 is 6.18 Å². The smallest absolute Gasteiger partial charge is 0.379 e. The second-order valence-electron chi connectivity index (χ2n) is 9.98. The number of nitrogens with one attached hydrogen (secondary N) is 1. The second kappa shape index (κ2) is 7.99. The van der Waals surface area contributed by atoms with Crippen molar-refractivity contribution >= 4 is 5.91 Å². The van der Waals surface area contributed by atoms with Gasteiger partial charge in [-0.15, -0.1) is 0 Å². The number of carbonyl (C=O) groups is 1. The van der Waals surface area contributed by atoms with Gasteiger partial charge in [0.05, 0.1) is 23.7 Å².